The molecule has 2 aliphatic heterocycles. The van der Waals surface area contributed by atoms with Crippen molar-refractivity contribution in [1.29, 1.82) is 0 Å². The van der Waals surface area contributed by atoms with Crippen LogP contribution in [0.1, 0.15) is 24.1 Å². The van der Waals surface area contributed by atoms with Crippen LogP contribution >= 0.6 is 11.3 Å². The fraction of sp³-hybridized carbons (Fsp3) is 0.172. The number of allylic oxidation sites excluding steroid dienone is 1. The van der Waals surface area contributed by atoms with Crippen molar-refractivity contribution in [1.82, 2.24) is 4.57 Å². The molecule has 0 fully saturated rings. The Morgan fingerprint density at radius 3 is 2.53 bits per heavy atom. The number of amides is 1. The first kappa shape index (κ1) is 25.2. The summed E-state index contributed by atoms with van der Waals surface area (Å²) in [4.78, 5) is 47.4. The number of hydrogen-bond acceptors (Lipinski definition) is 7. The van der Waals surface area contributed by atoms with E-state index in [4.69, 9.17) is 9.47 Å². The monoisotopic (exact) mass is 527 g/mol. The van der Waals surface area contributed by atoms with Gasteiger partial charge in [-0.1, -0.05) is 60.4 Å². The molecule has 5 rings (SSSR count). The maximum atomic E-state index is 14.1. The van der Waals surface area contributed by atoms with Crippen molar-refractivity contribution < 1.29 is 19.1 Å². The Morgan fingerprint density at radius 2 is 1.84 bits per heavy atom. The van der Waals surface area contributed by atoms with Crippen molar-refractivity contribution in [2.24, 2.45) is 4.99 Å². The number of esters is 1. The zero-order chi connectivity index (χ0) is 27.0. The Bertz CT molecular complexity index is 1690. The highest BCUT2D eigenvalue weighted by Gasteiger charge is 2.37. The maximum Gasteiger partial charge on any atom is 0.338 e. The van der Waals surface area contributed by atoms with Crippen LogP contribution in [-0.4, -0.2) is 36.7 Å². The number of hydrogen-bond donors (Lipinski definition) is 0. The predicted molar refractivity (Wildman–Crippen MR) is 146 cm³/mol. The van der Waals surface area contributed by atoms with Crippen LogP contribution in [-0.2, 0) is 14.3 Å². The summed E-state index contributed by atoms with van der Waals surface area (Å²) in [6, 6.07) is 13.7. The number of carbonyl (C=O) groups is 2. The van der Waals surface area contributed by atoms with Crippen LogP contribution in [0, 0.1) is 0 Å². The second kappa shape index (κ2) is 10.1. The summed E-state index contributed by atoms with van der Waals surface area (Å²) < 4.78 is 12.4. The minimum absolute atomic E-state index is 0.0178. The molecule has 0 spiro atoms. The van der Waals surface area contributed by atoms with Crippen molar-refractivity contribution in [3.63, 3.8) is 0 Å². The number of para-hydroxylation sites is 1. The van der Waals surface area contributed by atoms with Gasteiger partial charge in [0.2, 0.25) is 0 Å². The number of ether oxygens (including phenoxy) is 2. The Hall–Kier alpha value is -4.50. The second-order valence-electron chi connectivity index (χ2n) is 8.66. The molecule has 1 aromatic heterocycles. The molecule has 0 bridgehead atoms. The molecular weight excluding hydrogens is 502 g/mol. The molecule has 0 radical (unpaired) electrons. The first-order valence-corrected chi connectivity index (χ1v) is 12.7. The number of carbonyl (C=O) groups excluding carboxylic acids is 2. The van der Waals surface area contributed by atoms with E-state index in [9.17, 15) is 14.4 Å². The molecule has 1 atom stereocenters. The summed E-state index contributed by atoms with van der Waals surface area (Å²) >= 11 is 1.13. The molecular formula is C29H25N3O5S. The van der Waals surface area contributed by atoms with Crippen LogP contribution in [0.25, 0.3) is 5.57 Å². The zero-order valence-corrected chi connectivity index (χ0v) is 21.8. The SMILES string of the molecule is C=CCOC(=O)C1=C(C)N=c2s/c(=C3\C(=O)N(CC=C)c4ccccc43)c(=O)n2C1c1ccc(OC)cc1. The highest BCUT2D eigenvalue weighted by Crippen LogP contribution is 2.35. The predicted octanol–water partition coefficient (Wildman–Crippen LogP) is 2.88. The van der Waals surface area contributed by atoms with Gasteiger partial charge in [0.15, 0.2) is 4.80 Å². The fourth-order valence-electron chi connectivity index (χ4n) is 4.76. The lowest BCUT2D eigenvalue weighted by Gasteiger charge is -2.24. The Labute approximate surface area is 222 Å². The lowest BCUT2D eigenvalue weighted by Crippen LogP contribution is -2.41. The van der Waals surface area contributed by atoms with Crippen molar-refractivity contribution in [3.8, 4) is 5.75 Å². The summed E-state index contributed by atoms with van der Waals surface area (Å²) in [7, 11) is 1.56. The van der Waals surface area contributed by atoms with Gasteiger partial charge in [0.1, 0.15) is 16.9 Å². The van der Waals surface area contributed by atoms with Gasteiger partial charge in [-0.25, -0.2) is 9.79 Å². The molecule has 2 aliphatic rings. The van der Waals surface area contributed by atoms with Gasteiger partial charge >= 0.3 is 5.97 Å². The van der Waals surface area contributed by atoms with E-state index >= 15 is 0 Å². The first-order valence-electron chi connectivity index (χ1n) is 11.9. The molecule has 3 aromatic rings. The molecule has 1 amide bonds. The number of methoxy groups -OCH3 is 1. The molecule has 3 heterocycles. The van der Waals surface area contributed by atoms with E-state index < -0.39 is 17.6 Å². The van der Waals surface area contributed by atoms with E-state index in [-0.39, 0.29) is 22.6 Å². The zero-order valence-electron chi connectivity index (χ0n) is 21.0. The minimum Gasteiger partial charge on any atom is -0.497 e. The number of thiazole rings is 1. The van der Waals surface area contributed by atoms with Gasteiger partial charge in [0.05, 0.1) is 35.7 Å². The normalized spacial score (nSPS) is 17.5. The highest BCUT2D eigenvalue weighted by molar-refractivity contribution is 7.07. The lowest BCUT2D eigenvalue weighted by atomic mass is 9.96. The summed E-state index contributed by atoms with van der Waals surface area (Å²) in [5.41, 5.74) is 2.65. The van der Waals surface area contributed by atoms with Crippen LogP contribution in [0.2, 0.25) is 0 Å². The minimum atomic E-state index is -0.806. The maximum absolute atomic E-state index is 14.1. The summed E-state index contributed by atoms with van der Waals surface area (Å²) in [6.45, 7) is 9.41. The van der Waals surface area contributed by atoms with Gasteiger partial charge in [-0.05, 0) is 30.7 Å². The number of fused-ring (bicyclic) bond motifs is 2. The third-order valence-electron chi connectivity index (χ3n) is 6.44. The molecule has 38 heavy (non-hydrogen) atoms. The largest absolute Gasteiger partial charge is 0.497 e. The fourth-order valence-corrected chi connectivity index (χ4v) is 5.89. The highest BCUT2D eigenvalue weighted by atomic mass is 32.1. The molecule has 1 unspecified atom stereocenters. The third kappa shape index (κ3) is 4.01. The number of rotatable bonds is 7. The standard InChI is InChI=1S/C29H25N3O5S/c1-5-15-31-21-10-8-7-9-20(21)23(26(31)33)25-27(34)32-24(18-11-13-19(36-4)14-12-18)22(28(35)37-16-6-2)17(3)30-29(32)38-25/h5-14,24H,1-2,15-16H2,3-4H3/b25-23-. The Balaban J connectivity index is 1.78. The van der Waals surface area contributed by atoms with E-state index in [1.807, 2.05) is 24.3 Å². The van der Waals surface area contributed by atoms with E-state index in [2.05, 4.69) is 18.2 Å². The molecule has 9 heteroatoms. The summed E-state index contributed by atoms with van der Waals surface area (Å²) in [5, 5.41) is 0. The molecule has 2 aromatic carbocycles. The Morgan fingerprint density at radius 1 is 1.11 bits per heavy atom. The third-order valence-corrected chi connectivity index (χ3v) is 7.50. The van der Waals surface area contributed by atoms with Gasteiger partial charge in [-0.3, -0.25) is 14.2 Å². The van der Waals surface area contributed by atoms with Gasteiger partial charge in [-0.15, -0.1) is 6.58 Å². The number of anilines is 1. The smallest absolute Gasteiger partial charge is 0.338 e. The molecule has 0 N–H and O–H groups in total. The van der Waals surface area contributed by atoms with Gasteiger partial charge in [-0.2, -0.15) is 0 Å². The van der Waals surface area contributed by atoms with E-state index in [1.165, 1.54) is 10.6 Å². The van der Waals surface area contributed by atoms with Gasteiger partial charge < -0.3 is 14.4 Å². The van der Waals surface area contributed by atoms with Crippen LogP contribution in [0.4, 0.5) is 5.69 Å². The van der Waals surface area contributed by atoms with Crippen molar-refractivity contribution in [2.45, 2.75) is 13.0 Å². The molecule has 0 aliphatic carbocycles. The van der Waals surface area contributed by atoms with Crippen LogP contribution in [0.3, 0.4) is 0 Å². The second-order valence-corrected chi connectivity index (χ2v) is 9.64. The van der Waals surface area contributed by atoms with E-state index in [0.29, 0.717) is 39.5 Å². The first-order chi connectivity index (χ1) is 18.4. The van der Waals surface area contributed by atoms with Gasteiger partial charge in [0, 0.05) is 12.1 Å². The van der Waals surface area contributed by atoms with E-state index in [1.54, 1.807) is 49.3 Å². The average molecular weight is 528 g/mol. The lowest BCUT2D eigenvalue weighted by molar-refractivity contribution is -0.138. The van der Waals surface area contributed by atoms with Crippen LogP contribution in [0.5, 0.6) is 5.75 Å². The number of nitrogens with zero attached hydrogens (tertiary/aromatic N) is 3. The Kier molecular flexibility index (Phi) is 6.69. The molecule has 192 valence electrons. The van der Waals surface area contributed by atoms with E-state index in [0.717, 1.165) is 17.0 Å². The van der Waals surface area contributed by atoms with Gasteiger partial charge in [0.25, 0.3) is 11.5 Å². The quantitative estimate of drug-likeness (QED) is 0.348. The molecule has 0 saturated carbocycles. The molecule has 8 nitrogen and oxygen atoms in total. The summed E-state index contributed by atoms with van der Waals surface area (Å²) in [5.74, 6) is -0.238. The topological polar surface area (TPSA) is 90.2 Å². The van der Waals surface area contributed by atoms with Crippen molar-refractivity contribution in [3.05, 3.63) is 116 Å². The van der Waals surface area contributed by atoms with Crippen molar-refractivity contribution in [2.75, 3.05) is 25.2 Å². The van der Waals surface area contributed by atoms with Crippen LogP contribution < -0.4 is 24.5 Å². The average Bonchev–Trinajstić information content (AvgIpc) is 3.39. The van der Waals surface area contributed by atoms with Crippen molar-refractivity contribution >= 4 is 34.5 Å². The number of aromatic nitrogens is 1. The summed E-state index contributed by atoms with van der Waals surface area (Å²) in [6.07, 6.45) is 3.12. The van der Waals surface area contributed by atoms with Crippen LogP contribution in [0.15, 0.2) is 94.9 Å². The number of benzene rings is 2. The molecule has 0 saturated heterocycles.